The van der Waals surface area contributed by atoms with Crippen LogP contribution in [0.5, 0.6) is 11.8 Å². The molecule has 0 amide bonds. The molecule has 0 bridgehead atoms. The van der Waals surface area contributed by atoms with Gasteiger partial charge in [0, 0.05) is 24.0 Å². The van der Waals surface area contributed by atoms with Crippen LogP contribution < -0.4 is 9.47 Å². The summed E-state index contributed by atoms with van der Waals surface area (Å²) in [5.41, 5.74) is 2.96. The molecule has 164 valence electrons. The molecular weight excluding hydrogens is 410 g/mol. The third kappa shape index (κ3) is 4.09. The molecule has 0 unspecified atom stereocenters. The van der Waals surface area contributed by atoms with E-state index >= 15 is 0 Å². The Morgan fingerprint density at radius 3 is 2.38 bits per heavy atom. The Kier molecular flexibility index (Phi) is 5.48. The van der Waals surface area contributed by atoms with Gasteiger partial charge in [-0.1, -0.05) is 0 Å². The first kappa shape index (κ1) is 21.2. The molecule has 0 aliphatic carbocycles. The molecule has 9 heteroatoms. The van der Waals surface area contributed by atoms with Gasteiger partial charge in [-0.25, -0.2) is 14.3 Å². The molecule has 0 atom stereocenters. The Labute approximate surface area is 185 Å². The highest BCUT2D eigenvalue weighted by molar-refractivity contribution is 5.95. The van der Waals surface area contributed by atoms with Crippen LogP contribution >= 0.6 is 0 Å². The number of nitrogens with zero attached hydrogens (tertiary/aromatic N) is 5. The fourth-order valence-corrected chi connectivity index (χ4v) is 3.26. The summed E-state index contributed by atoms with van der Waals surface area (Å²) in [6.45, 7) is 5.44. The maximum atomic E-state index is 13.2. The zero-order valence-corrected chi connectivity index (χ0v) is 18.5. The Morgan fingerprint density at radius 2 is 1.72 bits per heavy atom. The number of methoxy groups -OCH3 is 2. The molecule has 4 heterocycles. The molecule has 0 aliphatic rings. The lowest BCUT2D eigenvalue weighted by Gasteiger charge is -2.21. The number of rotatable bonds is 4. The largest absolute Gasteiger partial charge is 0.481 e. The van der Waals surface area contributed by atoms with E-state index in [4.69, 9.17) is 14.2 Å². The van der Waals surface area contributed by atoms with Crippen LogP contribution in [-0.4, -0.2) is 50.6 Å². The molecule has 0 aromatic carbocycles. The van der Waals surface area contributed by atoms with Gasteiger partial charge in [0.25, 0.3) is 0 Å². The average Bonchev–Trinajstić information content (AvgIpc) is 3.16. The number of carbonyl (C=O) groups is 1. The van der Waals surface area contributed by atoms with E-state index in [-0.39, 0.29) is 5.88 Å². The fraction of sp³-hybridized carbons (Fsp3) is 0.261. The Hall–Kier alpha value is -4.01. The lowest BCUT2D eigenvalue weighted by Crippen LogP contribution is -2.27. The summed E-state index contributed by atoms with van der Waals surface area (Å²) >= 11 is 0. The van der Waals surface area contributed by atoms with Crippen LogP contribution in [0, 0.1) is 0 Å². The molecule has 9 nitrogen and oxygen atoms in total. The van der Waals surface area contributed by atoms with E-state index in [2.05, 4.69) is 20.2 Å². The molecular formula is C23H23N5O4. The molecule has 0 N–H and O–H groups in total. The second-order valence-electron chi connectivity index (χ2n) is 7.99. The van der Waals surface area contributed by atoms with Gasteiger partial charge in [0.1, 0.15) is 5.60 Å². The van der Waals surface area contributed by atoms with Crippen LogP contribution in [0.4, 0.5) is 4.79 Å². The van der Waals surface area contributed by atoms with Crippen LogP contribution in [0.15, 0.2) is 48.8 Å². The highest BCUT2D eigenvalue weighted by atomic mass is 16.6. The van der Waals surface area contributed by atoms with Crippen molar-refractivity contribution in [2.24, 2.45) is 0 Å². The summed E-state index contributed by atoms with van der Waals surface area (Å²) in [5.74, 6) is 0.699. The number of carbonyl (C=O) groups excluding carboxylic acids is 1. The normalized spacial score (nSPS) is 11.4. The summed E-state index contributed by atoms with van der Waals surface area (Å²) in [7, 11) is 3.04. The number of aromatic nitrogens is 5. The Balaban J connectivity index is 1.97. The molecule has 32 heavy (non-hydrogen) atoms. The van der Waals surface area contributed by atoms with Gasteiger partial charge >= 0.3 is 6.09 Å². The predicted molar refractivity (Wildman–Crippen MR) is 119 cm³/mol. The quantitative estimate of drug-likeness (QED) is 0.468. The average molecular weight is 433 g/mol. The van der Waals surface area contributed by atoms with E-state index in [9.17, 15) is 4.79 Å². The van der Waals surface area contributed by atoms with E-state index in [0.29, 0.717) is 33.9 Å². The zero-order valence-electron chi connectivity index (χ0n) is 18.5. The van der Waals surface area contributed by atoms with Crippen molar-refractivity contribution < 1.29 is 19.0 Å². The van der Waals surface area contributed by atoms with Gasteiger partial charge in [-0.2, -0.15) is 0 Å². The molecule has 0 saturated heterocycles. The van der Waals surface area contributed by atoms with Crippen molar-refractivity contribution in [2.75, 3.05) is 14.2 Å². The van der Waals surface area contributed by atoms with Gasteiger partial charge in [0.15, 0.2) is 0 Å². The lowest BCUT2D eigenvalue weighted by atomic mass is 10.1. The van der Waals surface area contributed by atoms with Crippen LogP contribution in [0.25, 0.3) is 33.5 Å². The lowest BCUT2D eigenvalue weighted by molar-refractivity contribution is 0.0547. The zero-order chi connectivity index (χ0) is 22.9. The van der Waals surface area contributed by atoms with Crippen LogP contribution in [0.2, 0.25) is 0 Å². The second-order valence-corrected chi connectivity index (χ2v) is 7.99. The number of hydrogen-bond donors (Lipinski definition) is 0. The van der Waals surface area contributed by atoms with Gasteiger partial charge in [-0.05, 0) is 51.1 Å². The Morgan fingerprint density at radius 1 is 0.969 bits per heavy atom. The summed E-state index contributed by atoms with van der Waals surface area (Å²) in [4.78, 5) is 21.8. The van der Waals surface area contributed by atoms with Crippen LogP contribution in [-0.2, 0) is 4.74 Å². The minimum absolute atomic E-state index is 0.266. The molecule has 0 saturated carbocycles. The summed E-state index contributed by atoms with van der Waals surface area (Å²) in [6.07, 6.45) is 2.81. The van der Waals surface area contributed by atoms with Crippen molar-refractivity contribution in [3.8, 4) is 34.3 Å². The first-order valence-corrected chi connectivity index (χ1v) is 9.93. The standard InChI is InChI=1S/C23H23N5O4/c1-23(2,3)32-22(29)28-18-6-7-20(30-4)25-17(18)13-19(28)15-12-16(26-27-21(15)31-5)14-8-10-24-11-9-14/h6-13H,1-5H3. The van der Waals surface area contributed by atoms with Gasteiger partial charge in [0.2, 0.25) is 11.8 Å². The highest BCUT2D eigenvalue weighted by Gasteiger charge is 2.26. The van der Waals surface area contributed by atoms with Crippen molar-refractivity contribution in [2.45, 2.75) is 26.4 Å². The highest BCUT2D eigenvalue weighted by Crippen LogP contribution is 2.35. The molecule has 4 rings (SSSR count). The van der Waals surface area contributed by atoms with Crippen molar-refractivity contribution in [3.05, 3.63) is 48.8 Å². The van der Waals surface area contributed by atoms with Crippen LogP contribution in [0.3, 0.4) is 0 Å². The van der Waals surface area contributed by atoms with Crippen molar-refractivity contribution >= 4 is 17.1 Å². The maximum Gasteiger partial charge on any atom is 0.419 e. The number of ether oxygens (including phenoxy) is 3. The van der Waals surface area contributed by atoms with Gasteiger partial charge in [-0.15, -0.1) is 10.2 Å². The van der Waals surface area contributed by atoms with Crippen molar-refractivity contribution in [1.29, 1.82) is 0 Å². The molecule has 0 fully saturated rings. The van der Waals surface area contributed by atoms with Gasteiger partial charge in [0.05, 0.1) is 42.2 Å². The number of hydrogen-bond acceptors (Lipinski definition) is 8. The number of fused-ring (bicyclic) bond motifs is 1. The fourth-order valence-electron chi connectivity index (χ4n) is 3.26. The van der Waals surface area contributed by atoms with Crippen molar-refractivity contribution in [1.82, 2.24) is 24.7 Å². The minimum Gasteiger partial charge on any atom is -0.481 e. The van der Waals surface area contributed by atoms with Crippen LogP contribution in [0.1, 0.15) is 20.8 Å². The smallest absolute Gasteiger partial charge is 0.419 e. The van der Waals surface area contributed by atoms with E-state index in [0.717, 1.165) is 5.56 Å². The first-order chi connectivity index (χ1) is 15.3. The molecule has 0 aliphatic heterocycles. The predicted octanol–water partition coefficient (Wildman–Crippen LogP) is 4.36. The number of pyridine rings is 2. The molecule has 0 radical (unpaired) electrons. The Bertz CT molecular complexity index is 1280. The molecule has 4 aromatic rings. The summed E-state index contributed by atoms with van der Waals surface area (Å²) < 4.78 is 17.9. The third-order valence-corrected chi connectivity index (χ3v) is 4.62. The van der Waals surface area contributed by atoms with Crippen molar-refractivity contribution in [3.63, 3.8) is 0 Å². The molecule has 0 spiro atoms. The van der Waals surface area contributed by atoms with E-state index in [1.807, 2.05) is 39.0 Å². The van der Waals surface area contributed by atoms with E-state index in [1.165, 1.54) is 18.8 Å². The van der Waals surface area contributed by atoms with E-state index in [1.54, 1.807) is 30.6 Å². The van der Waals surface area contributed by atoms with E-state index < -0.39 is 11.7 Å². The minimum atomic E-state index is -0.687. The van der Waals surface area contributed by atoms with Gasteiger partial charge < -0.3 is 14.2 Å². The third-order valence-electron chi connectivity index (χ3n) is 4.62. The molecule has 4 aromatic heterocycles. The maximum absolute atomic E-state index is 13.2. The summed E-state index contributed by atoms with van der Waals surface area (Å²) in [6, 6.07) is 10.7. The topological polar surface area (TPSA) is 101 Å². The van der Waals surface area contributed by atoms with Gasteiger partial charge in [-0.3, -0.25) is 4.98 Å². The first-order valence-electron chi connectivity index (χ1n) is 9.93. The SMILES string of the molecule is COc1ccc2c(cc(-c3cc(-c4ccncc4)nnc3OC)n2C(=O)OC(C)(C)C)n1. The monoisotopic (exact) mass is 433 g/mol. The second kappa shape index (κ2) is 8.26. The summed E-state index contributed by atoms with van der Waals surface area (Å²) in [5, 5.41) is 8.48.